The third kappa shape index (κ3) is 2.99. The summed E-state index contributed by atoms with van der Waals surface area (Å²) in [7, 11) is 1.93. The molecule has 1 amide bonds. The molecule has 1 fully saturated rings. The Kier molecular flexibility index (Phi) is 4.82. The van der Waals surface area contributed by atoms with Gasteiger partial charge in [-0.3, -0.25) is 4.79 Å². The molecule has 0 bridgehead atoms. The molecule has 0 spiro atoms. The predicted molar refractivity (Wildman–Crippen MR) is 68.1 cm³/mol. The van der Waals surface area contributed by atoms with Crippen molar-refractivity contribution in [3.8, 4) is 0 Å². The van der Waals surface area contributed by atoms with Gasteiger partial charge in [-0.2, -0.15) is 0 Å². The van der Waals surface area contributed by atoms with Crippen molar-refractivity contribution in [3.63, 3.8) is 0 Å². The van der Waals surface area contributed by atoms with Crippen LogP contribution < -0.4 is 0 Å². The van der Waals surface area contributed by atoms with E-state index in [-0.39, 0.29) is 5.92 Å². The summed E-state index contributed by atoms with van der Waals surface area (Å²) in [4.78, 5) is 14.2. The summed E-state index contributed by atoms with van der Waals surface area (Å²) < 4.78 is 0. The van der Waals surface area contributed by atoms with Gasteiger partial charge in [-0.15, -0.1) is 0 Å². The normalized spacial score (nSPS) is 30.5. The molecule has 2 heteroatoms. The van der Waals surface area contributed by atoms with Gasteiger partial charge in [0.15, 0.2) is 0 Å². The maximum absolute atomic E-state index is 12.3. The van der Waals surface area contributed by atoms with Crippen molar-refractivity contribution in [2.45, 2.75) is 47.0 Å². The number of carbonyl (C=O) groups excluding carboxylic acids is 1. The van der Waals surface area contributed by atoms with E-state index in [0.717, 1.165) is 13.0 Å². The van der Waals surface area contributed by atoms with Crippen molar-refractivity contribution in [3.05, 3.63) is 0 Å². The van der Waals surface area contributed by atoms with Crippen molar-refractivity contribution in [2.75, 3.05) is 13.6 Å². The van der Waals surface area contributed by atoms with Crippen molar-refractivity contribution < 1.29 is 4.79 Å². The zero-order valence-corrected chi connectivity index (χ0v) is 11.5. The minimum atomic E-state index is 0.272. The molecule has 94 valence electrons. The lowest BCUT2D eigenvalue weighted by atomic mass is 9.69. The van der Waals surface area contributed by atoms with Gasteiger partial charge in [-0.1, -0.05) is 27.2 Å². The summed E-state index contributed by atoms with van der Waals surface area (Å²) in [6.45, 7) is 9.67. The second-order valence-electron chi connectivity index (χ2n) is 5.79. The van der Waals surface area contributed by atoms with Gasteiger partial charge in [-0.05, 0) is 37.5 Å². The van der Waals surface area contributed by atoms with Crippen molar-refractivity contribution in [2.24, 2.45) is 23.7 Å². The van der Waals surface area contributed by atoms with Gasteiger partial charge in [0.1, 0.15) is 0 Å². The number of rotatable bonds is 3. The smallest absolute Gasteiger partial charge is 0.225 e. The predicted octanol–water partition coefficient (Wildman–Crippen LogP) is 3.17. The first kappa shape index (κ1) is 13.5. The summed E-state index contributed by atoms with van der Waals surface area (Å²) in [6.07, 6.45) is 3.61. The maximum Gasteiger partial charge on any atom is 0.225 e. The summed E-state index contributed by atoms with van der Waals surface area (Å²) in [5, 5.41) is 0. The number of hydrogen-bond acceptors (Lipinski definition) is 1. The van der Waals surface area contributed by atoms with Crippen molar-refractivity contribution in [1.82, 2.24) is 4.90 Å². The summed E-state index contributed by atoms with van der Waals surface area (Å²) in [5.41, 5.74) is 0. The largest absolute Gasteiger partial charge is 0.346 e. The highest BCUT2D eigenvalue weighted by atomic mass is 16.2. The Bertz CT molecular complexity index is 237. The molecule has 0 aromatic carbocycles. The first-order chi connectivity index (χ1) is 7.47. The maximum atomic E-state index is 12.3. The molecule has 16 heavy (non-hydrogen) atoms. The van der Waals surface area contributed by atoms with E-state index < -0.39 is 0 Å². The van der Waals surface area contributed by atoms with E-state index in [9.17, 15) is 4.79 Å². The van der Waals surface area contributed by atoms with E-state index in [1.807, 2.05) is 11.9 Å². The van der Waals surface area contributed by atoms with Crippen LogP contribution in [0.15, 0.2) is 0 Å². The number of nitrogens with zero attached hydrogens (tertiary/aromatic N) is 1. The lowest BCUT2D eigenvalue weighted by molar-refractivity contribution is -0.138. The topological polar surface area (TPSA) is 20.3 Å². The average Bonchev–Trinajstić information content (AvgIpc) is 2.26. The van der Waals surface area contributed by atoms with Gasteiger partial charge < -0.3 is 4.90 Å². The molecule has 0 heterocycles. The standard InChI is InChI=1S/C14H27NO/c1-6-15(5)14(16)13-9-11(4)7-8-12(13)10(2)3/h10-13H,6-9H2,1-5H3. The minimum Gasteiger partial charge on any atom is -0.346 e. The molecule has 0 aromatic rings. The van der Waals surface area contributed by atoms with E-state index in [4.69, 9.17) is 0 Å². The zero-order valence-electron chi connectivity index (χ0n) is 11.5. The number of carbonyl (C=O) groups is 1. The highest BCUT2D eigenvalue weighted by Gasteiger charge is 2.36. The van der Waals surface area contributed by atoms with Gasteiger partial charge in [0.2, 0.25) is 5.91 Å². The molecule has 0 N–H and O–H groups in total. The van der Waals surface area contributed by atoms with Crippen molar-refractivity contribution >= 4 is 5.91 Å². The SMILES string of the molecule is CCN(C)C(=O)C1CC(C)CCC1C(C)C. The van der Waals surface area contributed by atoms with Crippen LogP contribution in [0.1, 0.15) is 47.0 Å². The van der Waals surface area contributed by atoms with Gasteiger partial charge in [0, 0.05) is 19.5 Å². The zero-order chi connectivity index (χ0) is 12.3. The van der Waals surface area contributed by atoms with Crippen LogP contribution in [0.5, 0.6) is 0 Å². The van der Waals surface area contributed by atoms with Gasteiger partial charge >= 0.3 is 0 Å². The van der Waals surface area contributed by atoms with Gasteiger partial charge in [-0.25, -0.2) is 0 Å². The van der Waals surface area contributed by atoms with E-state index in [1.165, 1.54) is 12.8 Å². The molecular weight excluding hydrogens is 198 g/mol. The Morgan fingerprint density at radius 2 is 2.00 bits per heavy atom. The lowest BCUT2D eigenvalue weighted by Crippen LogP contribution is -2.41. The number of hydrogen-bond donors (Lipinski definition) is 0. The first-order valence-corrected chi connectivity index (χ1v) is 6.72. The molecule has 0 aromatic heterocycles. The molecule has 3 unspecified atom stereocenters. The molecule has 1 aliphatic rings. The van der Waals surface area contributed by atoms with Gasteiger partial charge in [0.25, 0.3) is 0 Å². The monoisotopic (exact) mass is 225 g/mol. The summed E-state index contributed by atoms with van der Waals surface area (Å²) in [5.74, 6) is 2.58. The molecule has 0 saturated heterocycles. The van der Waals surface area contributed by atoms with Crippen LogP contribution in [0.3, 0.4) is 0 Å². The average molecular weight is 225 g/mol. The highest BCUT2D eigenvalue weighted by molar-refractivity contribution is 5.79. The highest BCUT2D eigenvalue weighted by Crippen LogP contribution is 2.38. The Morgan fingerprint density at radius 1 is 1.38 bits per heavy atom. The quantitative estimate of drug-likeness (QED) is 0.722. The molecule has 1 rings (SSSR count). The fourth-order valence-corrected chi connectivity index (χ4v) is 2.93. The van der Waals surface area contributed by atoms with E-state index in [2.05, 4.69) is 27.7 Å². The molecule has 0 aliphatic heterocycles. The second-order valence-corrected chi connectivity index (χ2v) is 5.79. The third-order valence-corrected chi connectivity index (χ3v) is 4.19. The minimum absolute atomic E-state index is 0.272. The Labute approximate surface area is 100 Å². The summed E-state index contributed by atoms with van der Waals surface area (Å²) in [6, 6.07) is 0. The summed E-state index contributed by atoms with van der Waals surface area (Å²) >= 11 is 0. The van der Waals surface area contributed by atoms with Crippen LogP contribution in [0, 0.1) is 23.7 Å². The van der Waals surface area contributed by atoms with Crippen LogP contribution in [-0.4, -0.2) is 24.4 Å². The first-order valence-electron chi connectivity index (χ1n) is 6.72. The van der Waals surface area contributed by atoms with Crippen molar-refractivity contribution in [1.29, 1.82) is 0 Å². The molecule has 2 nitrogen and oxygen atoms in total. The lowest BCUT2D eigenvalue weighted by Gasteiger charge is -2.38. The fraction of sp³-hybridized carbons (Fsp3) is 0.929. The third-order valence-electron chi connectivity index (χ3n) is 4.19. The Morgan fingerprint density at radius 3 is 2.50 bits per heavy atom. The van der Waals surface area contributed by atoms with Crippen LogP contribution in [0.25, 0.3) is 0 Å². The molecule has 1 saturated carbocycles. The van der Waals surface area contributed by atoms with Crippen LogP contribution in [0.2, 0.25) is 0 Å². The fourth-order valence-electron chi connectivity index (χ4n) is 2.93. The van der Waals surface area contributed by atoms with Crippen LogP contribution in [-0.2, 0) is 4.79 Å². The van der Waals surface area contributed by atoms with Crippen LogP contribution >= 0.6 is 0 Å². The molecule has 3 atom stereocenters. The van der Waals surface area contributed by atoms with E-state index in [1.54, 1.807) is 0 Å². The molecule has 1 aliphatic carbocycles. The van der Waals surface area contributed by atoms with E-state index >= 15 is 0 Å². The van der Waals surface area contributed by atoms with E-state index in [0.29, 0.717) is 23.7 Å². The Balaban J connectivity index is 2.74. The van der Waals surface area contributed by atoms with Crippen LogP contribution in [0.4, 0.5) is 0 Å². The molecular formula is C14H27NO. The number of amides is 1. The Hall–Kier alpha value is -0.530. The second kappa shape index (κ2) is 5.70. The van der Waals surface area contributed by atoms with Gasteiger partial charge in [0.05, 0.1) is 0 Å². The molecule has 0 radical (unpaired) electrons.